The molecule has 0 bridgehead atoms. The summed E-state index contributed by atoms with van der Waals surface area (Å²) >= 11 is 0. The summed E-state index contributed by atoms with van der Waals surface area (Å²) in [4.78, 5) is 23.8. The number of rotatable bonds is 13. The lowest BCUT2D eigenvalue weighted by Crippen LogP contribution is -2.32. The van der Waals surface area contributed by atoms with Gasteiger partial charge in [-0.25, -0.2) is 0 Å². The smallest absolute Gasteiger partial charge is 0.306 e. The topological polar surface area (TPSA) is 43.4 Å². The highest BCUT2D eigenvalue weighted by atomic mass is 16.6. The van der Waals surface area contributed by atoms with E-state index in [1.165, 1.54) is 12.8 Å². The van der Waals surface area contributed by atoms with Crippen LogP contribution in [0.4, 0.5) is 0 Å². The van der Waals surface area contributed by atoms with Crippen molar-refractivity contribution in [2.24, 2.45) is 5.92 Å². The normalized spacial score (nSPS) is 20.1. The zero-order chi connectivity index (χ0) is 18.5. The Morgan fingerprint density at radius 2 is 1.84 bits per heavy atom. The first-order valence-corrected chi connectivity index (χ1v) is 10.5. The molecule has 0 amide bonds. The minimum Gasteiger partial charge on any atom is -0.455 e. The van der Waals surface area contributed by atoms with Crippen molar-refractivity contribution in [3.8, 4) is 0 Å². The van der Waals surface area contributed by atoms with E-state index >= 15 is 0 Å². The molecule has 1 aliphatic carbocycles. The summed E-state index contributed by atoms with van der Waals surface area (Å²) in [6.45, 7) is 6.46. The molecule has 0 saturated heterocycles. The van der Waals surface area contributed by atoms with Crippen LogP contribution in [0, 0.1) is 5.92 Å². The van der Waals surface area contributed by atoms with Gasteiger partial charge in [0.2, 0.25) is 0 Å². The highest BCUT2D eigenvalue weighted by molar-refractivity contribution is 5.80. The number of unbranched alkanes of at least 4 members (excludes halogenated alkanes) is 5. The van der Waals surface area contributed by atoms with Crippen LogP contribution in [0.25, 0.3) is 0 Å². The molecule has 3 nitrogen and oxygen atoms in total. The lowest BCUT2D eigenvalue weighted by Gasteiger charge is -2.30. The molecule has 1 rings (SSSR count). The molecular weight excluding hydrogens is 312 g/mol. The Morgan fingerprint density at radius 3 is 2.44 bits per heavy atom. The minimum absolute atomic E-state index is 0.0680. The highest BCUT2D eigenvalue weighted by Crippen LogP contribution is 2.30. The molecule has 1 unspecified atom stereocenters. The quantitative estimate of drug-likeness (QED) is 0.227. The molecule has 0 spiro atoms. The van der Waals surface area contributed by atoms with Crippen molar-refractivity contribution in [2.45, 2.75) is 110 Å². The van der Waals surface area contributed by atoms with E-state index in [4.69, 9.17) is 4.74 Å². The van der Waals surface area contributed by atoms with E-state index in [0.717, 1.165) is 51.4 Å². The maximum Gasteiger partial charge on any atom is 0.306 e. The van der Waals surface area contributed by atoms with Gasteiger partial charge in [-0.15, -0.1) is 0 Å². The minimum atomic E-state index is -0.483. The van der Waals surface area contributed by atoms with Gasteiger partial charge in [0.1, 0.15) is 11.4 Å². The molecule has 0 aliphatic heterocycles. The van der Waals surface area contributed by atoms with Crippen LogP contribution < -0.4 is 0 Å². The second-order valence-corrected chi connectivity index (χ2v) is 7.56. The number of ether oxygens (including phenoxy) is 1. The average molecular weight is 351 g/mol. The second kappa shape index (κ2) is 12.3. The van der Waals surface area contributed by atoms with Gasteiger partial charge >= 0.3 is 5.97 Å². The third-order valence-electron chi connectivity index (χ3n) is 5.31. The molecule has 3 heteroatoms. The van der Waals surface area contributed by atoms with E-state index in [0.29, 0.717) is 31.0 Å². The first-order chi connectivity index (χ1) is 12.0. The highest BCUT2D eigenvalue weighted by Gasteiger charge is 2.30. The van der Waals surface area contributed by atoms with Crippen molar-refractivity contribution in [3.63, 3.8) is 0 Å². The van der Waals surface area contributed by atoms with Crippen molar-refractivity contribution in [1.82, 2.24) is 0 Å². The number of allylic oxidation sites excluding steroid dienone is 1. The molecule has 0 N–H and O–H groups in total. The summed E-state index contributed by atoms with van der Waals surface area (Å²) < 4.78 is 5.99. The molecule has 144 valence electrons. The summed E-state index contributed by atoms with van der Waals surface area (Å²) in [7, 11) is 0. The molecule has 0 heterocycles. The van der Waals surface area contributed by atoms with Gasteiger partial charge in [-0.3, -0.25) is 9.59 Å². The van der Waals surface area contributed by atoms with Crippen LogP contribution >= 0.6 is 0 Å². The molecule has 1 saturated carbocycles. The van der Waals surface area contributed by atoms with Crippen molar-refractivity contribution in [1.29, 1.82) is 0 Å². The van der Waals surface area contributed by atoms with Gasteiger partial charge in [0.05, 0.1) is 0 Å². The van der Waals surface area contributed by atoms with Crippen molar-refractivity contribution in [3.05, 3.63) is 12.2 Å². The van der Waals surface area contributed by atoms with Crippen LogP contribution in [-0.4, -0.2) is 17.4 Å². The van der Waals surface area contributed by atoms with E-state index in [9.17, 15) is 9.59 Å². The van der Waals surface area contributed by atoms with Crippen LogP contribution in [-0.2, 0) is 14.3 Å². The first kappa shape index (κ1) is 21.9. The van der Waals surface area contributed by atoms with Crippen LogP contribution in [0.5, 0.6) is 0 Å². The first-order valence-electron chi connectivity index (χ1n) is 10.5. The fraction of sp³-hybridized carbons (Fsp3) is 0.818. The summed E-state index contributed by atoms with van der Waals surface area (Å²) in [5, 5.41) is 0. The van der Waals surface area contributed by atoms with Gasteiger partial charge in [0.15, 0.2) is 0 Å². The van der Waals surface area contributed by atoms with Gasteiger partial charge in [-0.1, -0.05) is 59.0 Å². The van der Waals surface area contributed by atoms with Gasteiger partial charge < -0.3 is 4.74 Å². The Hall–Kier alpha value is -1.12. The van der Waals surface area contributed by atoms with Gasteiger partial charge in [-0.05, 0) is 44.1 Å². The Morgan fingerprint density at radius 1 is 1.12 bits per heavy atom. The average Bonchev–Trinajstić information content (AvgIpc) is 3.02. The maximum absolute atomic E-state index is 12.4. The molecule has 1 aliphatic rings. The van der Waals surface area contributed by atoms with E-state index in [1.807, 2.05) is 0 Å². The van der Waals surface area contributed by atoms with Crippen LogP contribution in [0.3, 0.4) is 0 Å². The van der Waals surface area contributed by atoms with Crippen molar-refractivity contribution < 1.29 is 14.3 Å². The summed E-state index contributed by atoms with van der Waals surface area (Å²) in [6.07, 6.45) is 16.5. The molecule has 1 fully saturated rings. The van der Waals surface area contributed by atoms with Crippen LogP contribution in [0.1, 0.15) is 104 Å². The fourth-order valence-electron chi connectivity index (χ4n) is 3.50. The number of esters is 1. The Bertz CT molecular complexity index is 427. The second-order valence-electron chi connectivity index (χ2n) is 7.56. The summed E-state index contributed by atoms with van der Waals surface area (Å²) in [6, 6.07) is 0. The third-order valence-corrected chi connectivity index (χ3v) is 5.31. The van der Waals surface area contributed by atoms with E-state index in [2.05, 4.69) is 32.9 Å². The van der Waals surface area contributed by atoms with Gasteiger partial charge in [-0.2, -0.15) is 0 Å². The molecule has 0 aromatic heterocycles. The van der Waals surface area contributed by atoms with E-state index in [1.54, 1.807) is 0 Å². The van der Waals surface area contributed by atoms with Crippen molar-refractivity contribution in [2.75, 3.05) is 0 Å². The monoisotopic (exact) mass is 350 g/mol. The van der Waals surface area contributed by atoms with E-state index < -0.39 is 5.60 Å². The number of ketones is 1. The molecule has 0 aromatic carbocycles. The maximum atomic E-state index is 12.4. The zero-order valence-corrected chi connectivity index (χ0v) is 16.6. The number of carbonyl (C=O) groups is 2. The summed E-state index contributed by atoms with van der Waals surface area (Å²) in [5.41, 5.74) is -0.483. The number of hydrogen-bond donors (Lipinski definition) is 0. The molecule has 25 heavy (non-hydrogen) atoms. The predicted molar refractivity (Wildman–Crippen MR) is 104 cm³/mol. The predicted octanol–water partition coefficient (Wildman–Crippen LogP) is 6.15. The Labute approximate surface area is 154 Å². The fourth-order valence-corrected chi connectivity index (χ4v) is 3.50. The Kier molecular flexibility index (Phi) is 10.8. The molecule has 2 atom stereocenters. The molecule has 0 aromatic rings. The zero-order valence-electron chi connectivity index (χ0n) is 16.6. The number of Topliss-reactive ketones (excluding diaryl/α,β-unsaturated/α-hetero) is 1. The lowest BCUT2D eigenvalue weighted by molar-refractivity contribution is -0.156. The summed E-state index contributed by atoms with van der Waals surface area (Å²) in [5.74, 6) is 0.616. The standard InChI is InChI=1S/C22H38O3/c1-4-7-9-10-12-21(24)25-22(6-3,16-11-8-5-2)17-15-19-13-14-20(23)18-19/h15,17,19H,4-14,16,18H2,1-3H3/t19?,22-/m0/s1. The van der Waals surface area contributed by atoms with Gasteiger partial charge in [0, 0.05) is 19.3 Å². The van der Waals surface area contributed by atoms with Gasteiger partial charge in [0.25, 0.3) is 0 Å². The van der Waals surface area contributed by atoms with Crippen molar-refractivity contribution >= 4 is 11.8 Å². The number of hydrogen-bond acceptors (Lipinski definition) is 3. The van der Waals surface area contributed by atoms with Crippen LogP contribution in [0.15, 0.2) is 12.2 Å². The molecule has 0 radical (unpaired) electrons. The largest absolute Gasteiger partial charge is 0.455 e. The number of carbonyl (C=O) groups excluding carboxylic acids is 2. The Balaban J connectivity index is 2.66. The third kappa shape index (κ3) is 8.69. The molecular formula is C22H38O3. The van der Waals surface area contributed by atoms with Crippen LogP contribution in [0.2, 0.25) is 0 Å². The lowest BCUT2D eigenvalue weighted by atomic mass is 9.90. The van der Waals surface area contributed by atoms with E-state index in [-0.39, 0.29) is 5.97 Å². The SMILES string of the molecule is CCCCCCC(=O)O[C@@](C=CC1CCC(=O)C1)(CC)CCCCC.